The van der Waals surface area contributed by atoms with Gasteiger partial charge in [-0.2, -0.15) is 5.26 Å². The van der Waals surface area contributed by atoms with Gasteiger partial charge < -0.3 is 0 Å². The predicted molar refractivity (Wildman–Crippen MR) is 91.4 cm³/mol. The molecule has 0 aliphatic rings. The van der Waals surface area contributed by atoms with E-state index in [1.165, 1.54) is 23.4 Å². The first-order valence-electron chi connectivity index (χ1n) is 6.90. The van der Waals surface area contributed by atoms with Crippen molar-refractivity contribution in [2.24, 2.45) is 14.1 Å². The third-order valence-corrected chi connectivity index (χ3v) is 4.81. The Morgan fingerprint density at radius 2 is 1.88 bits per heavy atom. The zero-order valence-electron chi connectivity index (χ0n) is 12.9. The molecule has 3 rings (SSSR count). The van der Waals surface area contributed by atoms with Crippen LogP contribution in [0.5, 0.6) is 0 Å². The Kier molecular flexibility index (Phi) is 4.22. The summed E-state index contributed by atoms with van der Waals surface area (Å²) in [5.74, 6) is 0. The minimum absolute atomic E-state index is 0.0210. The number of imidazole rings is 1. The molecule has 2 aromatic heterocycles. The number of aryl methyl sites for hydroxylation is 1. The quantitative estimate of drug-likeness (QED) is 0.709. The molecular formula is C15H12ClN5O2S. The monoisotopic (exact) mass is 361 g/mol. The van der Waals surface area contributed by atoms with Crippen LogP contribution in [0.2, 0.25) is 5.02 Å². The fourth-order valence-electron chi connectivity index (χ4n) is 2.37. The summed E-state index contributed by atoms with van der Waals surface area (Å²) in [7, 11) is 2.95. The Bertz CT molecular complexity index is 1090. The Morgan fingerprint density at radius 1 is 1.21 bits per heavy atom. The van der Waals surface area contributed by atoms with Gasteiger partial charge in [-0.1, -0.05) is 23.4 Å². The number of nitrogens with zero attached hydrogens (tertiary/aromatic N) is 5. The number of nitriles is 1. The van der Waals surface area contributed by atoms with Gasteiger partial charge in [-0.25, -0.2) is 9.78 Å². The third-order valence-electron chi connectivity index (χ3n) is 3.56. The summed E-state index contributed by atoms with van der Waals surface area (Å²) in [4.78, 5) is 29.7. The van der Waals surface area contributed by atoms with Crippen LogP contribution in [-0.4, -0.2) is 18.7 Å². The molecule has 0 fully saturated rings. The first kappa shape index (κ1) is 16.4. The van der Waals surface area contributed by atoms with Crippen molar-refractivity contribution in [1.82, 2.24) is 18.7 Å². The standard InChI is InChI=1S/C15H12ClN5O2S/c1-19-12-11(13(22)20(2)15(19)23)18-14(21(12)8-7-17)24-10-5-3-9(16)4-6-10/h3-6H,8H2,1-2H3. The Hall–Kier alpha value is -2.50. The maximum absolute atomic E-state index is 12.3. The van der Waals surface area contributed by atoms with E-state index in [9.17, 15) is 9.59 Å². The molecular weight excluding hydrogens is 350 g/mol. The summed E-state index contributed by atoms with van der Waals surface area (Å²) in [5.41, 5.74) is -0.454. The van der Waals surface area contributed by atoms with E-state index in [1.54, 1.807) is 23.7 Å². The average Bonchev–Trinajstić information content (AvgIpc) is 2.92. The summed E-state index contributed by atoms with van der Waals surface area (Å²) in [6, 6.07) is 9.17. The van der Waals surface area contributed by atoms with Crippen molar-refractivity contribution >= 4 is 34.5 Å². The van der Waals surface area contributed by atoms with Gasteiger partial charge >= 0.3 is 5.69 Å². The fraction of sp³-hybridized carbons (Fsp3) is 0.200. The highest BCUT2D eigenvalue weighted by Crippen LogP contribution is 2.29. The van der Waals surface area contributed by atoms with Crippen molar-refractivity contribution in [2.75, 3.05) is 0 Å². The lowest BCUT2D eigenvalue weighted by Gasteiger charge is -2.07. The molecule has 7 nitrogen and oxygen atoms in total. The van der Waals surface area contributed by atoms with Crippen LogP contribution < -0.4 is 11.2 Å². The van der Waals surface area contributed by atoms with Gasteiger partial charge in [0.25, 0.3) is 5.56 Å². The summed E-state index contributed by atoms with van der Waals surface area (Å²) < 4.78 is 3.90. The molecule has 2 heterocycles. The first-order valence-corrected chi connectivity index (χ1v) is 8.10. The number of benzene rings is 1. The largest absolute Gasteiger partial charge is 0.332 e. The van der Waals surface area contributed by atoms with E-state index in [2.05, 4.69) is 4.98 Å². The number of hydrogen-bond donors (Lipinski definition) is 0. The SMILES string of the molecule is Cn1c(=O)c2nc(Sc3ccc(Cl)cc3)n(CC#N)c2n(C)c1=O. The summed E-state index contributed by atoms with van der Waals surface area (Å²) >= 11 is 7.18. The first-order chi connectivity index (χ1) is 11.4. The molecule has 122 valence electrons. The van der Waals surface area contributed by atoms with Crippen molar-refractivity contribution in [3.05, 3.63) is 50.1 Å². The highest BCUT2D eigenvalue weighted by atomic mass is 35.5. The van der Waals surface area contributed by atoms with Crippen LogP contribution in [0.25, 0.3) is 11.2 Å². The second kappa shape index (κ2) is 6.19. The van der Waals surface area contributed by atoms with E-state index in [4.69, 9.17) is 16.9 Å². The van der Waals surface area contributed by atoms with Gasteiger partial charge in [0.15, 0.2) is 16.3 Å². The summed E-state index contributed by atoms with van der Waals surface area (Å²) in [5, 5.41) is 10.2. The van der Waals surface area contributed by atoms with Gasteiger partial charge in [-0.05, 0) is 24.3 Å². The molecule has 0 unspecified atom stereocenters. The Labute approximate surface area is 145 Å². The number of halogens is 1. The number of aromatic nitrogens is 4. The van der Waals surface area contributed by atoms with E-state index < -0.39 is 11.2 Å². The minimum Gasteiger partial charge on any atom is -0.290 e. The van der Waals surface area contributed by atoms with Gasteiger partial charge in [0, 0.05) is 24.0 Å². The van der Waals surface area contributed by atoms with Crippen molar-refractivity contribution in [3.8, 4) is 6.07 Å². The molecule has 0 N–H and O–H groups in total. The van der Waals surface area contributed by atoms with Crippen LogP contribution in [0.3, 0.4) is 0 Å². The molecule has 0 atom stereocenters. The number of fused-ring (bicyclic) bond motifs is 1. The normalized spacial score (nSPS) is 10.9. The van der Waals surface area contributed by atoms with E-state index in [1.807, 2.05) is 18.2 Å². The smallest absolute Gasteiger partial charge is 0.290 e. The fourth-order valence-corrected chi connectivity index (χ4v) is 3.38. The number of rotatable bonds is 3. The summed E-state index contributed by atoms with van der Waals surface area (Å²) in [6.07, 6.45) is 0. The maximum atomic E-state index is 12.3. The molecule has 3 aromatic rings. The molecule has 0 saturated heterocycles. The van der Waals surface area contributed by atoms with Crippen LogP contribution in [-0.2, 0) is 20.6 Å². The van der Waals surface area contributed by atoms with Crippen molar-refractivity contribution in [2.45, 2.75) is 16.6 Å². The van der Waals surface area contributed by atoms with E-state index in [0.29, 0.717) is 15.8 Å². The molecule has 0 saturated carbocycles. The molecule has 9 heteroatoms. The molecule has 0 aliphatic carbocycles. The second-order valence-corrected chi connectivity index (χ2v) is 6.55. The molecule has 24 heavy (non-hydrogen) atoms. The molecule has 0 aliphatic heterocycles. The van der Waals surface area contributed by atoms with Crippen LogP contribution >= 0.6 is 23.4 Å². The summed E-state index contributed by atoms with van der Waals surface area (Å²) in [6.45, 7) is -0.0210. The molecule has 0 spiro atoms. The van der Waals surface area contributed by atoms with Crippen molar-refractivity contribution < 1.29 is 0 Å². The van der Waals surface area contributed by atoms with E-state index >= 15 is 0 Å². The van der Waals surface area contributed by atoms with E-state index in [-0.39, 0.29) is 12.1 Å². The van der Waals surface area contributed by atoms with Crippen LogP contribution in [0.15, 0.2) is 43.9 Å². The second-order valence-electron chi connectivity index (χ2n) is 5.07. The molecule has 0 bridgehead atoms. The highest BCUT2D eigenvalue weighted by Gasteiger charge is 2.19. The predicted octanol–water partition coefficient (Wildman–Crippen LogP) is 1.76. The van der Waals surface area contributed by atoms with Crippen molar-refractivity contribution in [3.63, 3.8) is 0 Å². The van der Waals surface area contributed by atoms with Gasteiger partial charge in [0.05, 0.1) is 6.07 Å². The average molecular weight is 362 g/mol. The topological polar surface area (TPSA) is 85.6 Å². The van der Waals surface area contributed by atoms with Gasteiger partial charge in [0.1, 0.15) is 6.54 Å². The van der Waals surface area contributed by atoms with Crippen LogP contribution in [0.4, 0.5) is 0 Å². The van der Waals surface area contributed by atoms with Gasteiger partial charge in [-0.3, -0.25) is 18.5 Å². The lowest BCUT2D eigenvalue weighted by Crippen LogP contribution is -2.37. The zero-order chi connectivity index (χ0) is 17.4. The minimum atomic E-state index is -0.484. The van der Waals surface area contributed by atoms with Crippen molar-refractivity contribution in [1.29, 1.82) is 5.26 Å². The van der Waals surface area contributed by atoms with Crippen LogP contribution in [0, 0.1) is 11.3 Å². The van der Waals surface area contributed by atoms with E-state index in [0.717, 1.165) is 9.46 Å². The lowest BCUT2D eigenvalue weighted by atomic mass is 10.4. The van der Waals surface area contributed by atoms with Crippen LogP contribution in [0.1, 0.15) is 0 Å². The Morgan fingerprint density at radius 3 is 2.50 bits per heavy atom. The highest BCUT2D eigenvalue weighted by molar-refractivity contribution is 7.99. The Balaban J connectivity index is 2.26. The van der Waals surface area contributed by atoms with Gasteiger partial charge in [-0.15, -0.1) is 0 Å². The molecule has 0 amide bonds. The number of hydrogen-bond acceptors (Lipinski definition) is 5. The van der Waals surface area contributed by atoms with Gasteiger partial charge in [0.2, 0.25) is 0 Å². The lowest BCUT2D eigenvalue weighted by molar-refractivity contribution is 0.677. The third kappa shape index (κ3) is 2.62. The molecule has 0 radical (unpaired) electrons. The maximum Gasteiger partial charge on any atom is 0.332 e. The molecule has 1 aromatic carbocycles. The zero-order valence-corrected chi connectivity index (χ0v) is 14.4.